The van der Waals surface area contributed by atoms with Crippen LogP contribution in [-0.4, -0.2) is 24.5 Å². The van der Waals surface area contributed by atoms with Crippen LogP contribution in [0.5, 0.6) is 0 Å². The Morgan fingerprint density at radius 2 is 1.33 bits per heavy atom. The van der Waals surface area contributed by atoms with Gasteiger partial charge in [0, 0.05) is 6.54 Å². The molecule has 0 amide bonds. The minimum Gasteiger partial charge on any atom is -0.303 e. The van der Waals surface area contributed by atoms with E-state index in [1.807, 2.05) is 0 Å². The third-order valence-electron chi connectivity index (χ3n) is 1.78. The fraction of sp³-hybridized carbons (Fsp3) is 1.00. The van der Waals surface area contributed by atoms with Crippen LogP contribution < -0.4 is 0 Å². The molecule has 12 heavy (non-hydrogen) atoms. The second-order valence-corrected chi connectivity index (χ2v) is 4.84. The van der Waals surface area contributed by atoms with Gasteiger partial charge in [0.1, 0.15) is 0 Å². The molecule has 74 valence electrons. The van der Waals surface area contributed by atoms with Crippen LogP contribution in [0.1, 0.15) is 47.5 Å². The highest BCUT2D eigenvalue weighted by molar-refractivity contribution is 4.68. The average molecular weight is 171 g/mol. The lowest BCUT2D eigenvalue weighted by atomic mass is 9.96. The maximum absolute atomic E-state index is 2.57. The molecule has 0 aromatic heterocycles. The van der Waals surface area contributed by atoms with Crippen LogP contribution in [0, 0.1) is 5.41 Å². The van der Waals surface area contributed by atoms with E-state index in [9.17, 15) is 0 Å². The van der Waals surface area contributed by atoms with Gasteiger partial charge in [0.2, 0.25) is 0 Å². The van der Waals surface area contributed by atoms with Gasteiger partial charge < -0.3 is 4.90 Å². The molecule has 0 unspecified atom stereocenters. The summed E-state index contributed by atoms with van der Waals surface area (Å²) >= 11 is 0. The third-order valence-corrected chi connectivity index (χ3v) is 1.78. The molecule has 0 bridgehead atoms. The van der Waals surface area contributed by atoms with E-state index in [1.54, 1.807) is 0 Å². The Bertz CT molecular complexity index is 96.1. The Morgan fingerprint density at radius 1 is 0.917 bits per heavy atom. The van der Waals surface area contributed by atoms with Crippen molar-refractivity contribution in [2.24, 2.45) is 5.41 Å². The van der Waals surface area contributed by atoms with Gasteiger partial charge in [-0.05, 0) is 31.3 Å². The van der Waals surface area contributed by atoms with E-state index in [0.717, 1.165) is 0 Å². The molecule has 0 aromatic rings. The standard InChI is InChI=1S/C11H25N/c1-6-8-12(9-7-2)10-11(3,4)5/h6-10H2,1-5H3. The second kappa shape index (κ2) is 5.58. The van der Waals surface area contributed by atoms with Crippen LogP contribution in [0.3, 0.4) is 0 Å². The first-order valence-electron chi connectivity index (χ1n) is 5.22. The lowest BCUT2D eigenvalue weighted by molar-refractivity contribution is 0.191. The van der Waals surface area contributed by atoms with E-state index in [2.05, 4.69) is 39.5 Å². The summed E-state index contributed by atoms with van der Waals surface area (Å²) in [5.41, 5.74) is 0.449. The maximum Gasteiger partial charge on any atom is 0.00300 e. The van der Waals surface area contributed by atoms with Crippen molar-refractivity contribution < 1.29 is 0 Å². The molecule has 0 saturated heterocycles. The Balaban J connectivity index is 3.77. The van der Waals surface area contributed by atoms with Crippen molar-refractivity contribution >= 4 is 0 Å². The molecular weight excluding hydrogens is 146 g/mol. The van der Waals surface area contributed by atoms with Crippen molar-refractivity contribution in [3.05, 3.63) is 0 Å². The summed E-state index contributed by atoms with van der Waals surface area (Å²) in [7, 11) is 0. The summed E-state index contributed by atoms with van der Waals surface area (Å²) in [5, 5.41) is 0. The number of hydrogen-bond acceptors (Lipinski definition) is 1. The molecule has 0 aromatic carbocycles. The first kappa shape index (κ1) is 12.0. The molecule has 0 radical (unpaired) electrons. The minimum atomic E-state index is 0.449. The molecule has 0 saturated carbocycles. The zero-order valence-corrected chi connectivity index (χ0v) is 9.48. The first-order chi connectivity index (χ1) is 5.49. The van der Waals surface area contributed by atoms with Crippen molar-refractivity contribution in [2.45, 2.75) is 47.5 Å². The monoisotopic (exact) mass is 171 g/mol. The van der Waals surface area contributed by atoms with Crippen molar-refractivity contribution in [3.63, 3.8) is 0 Å². The van der Waals surface area contributed by atoms with Gasteiger partial charge in [-0.1, -0.05) is 34.6 Å². The summed E-state index contributed by atoms with van der Waals surface area (Å²) in [6.45, 7) is 15.2. The highest BCUT2D eigenvalue weighted by atomic mass is 15.1. The van der Waals surface area contributed by atoms with Crippen LogP contribution in [0.15, 0.2) is 0 Å². The Morgan fingerprint density at radius 3 is 1.58 bits per heavy atom. The topological polar surface area (TPSA) is 3.24 Å². The van der Waals surface area contributed by atoms with E-state index in [-0.39, 0.29) is 0 Å². The molecular formula is C11H25N. The summed E-state index contributed by atoms with van der Waals surface area (Å²) in [4.78, 5) is 2.57. The van der Waals surface area contributed by atoms with Gasteiger partial charge in [0.05, 0.1) is 0 Å². The Labute approximate surface area is 78.1 Å². The van der Waals surface area contributed by atoms with E-state index in [0.29, 0.717) is 5.41 Å². The number of nitrogens with zero attached hydrogens (tertiary/aromatic N) is 1. The average Bonchev–Trinajstić information content (AvgIpc) is 1.84. The quantitative estimate of drug-likeness (QED) is 0.614. The Kier molecular flexibility index (Phi) is 5.56. The summed E-state index contributed by atoms with van der Waals surface area (Å²) in [6.07, 6.45) is 2.55. The van der Waals surface area contributed by atoms with E-state index in [4.69, 9.17) is 0 Å². The number of rotatable bonds is 5. The maximum atomic E-state index is 2.57. The predicted molar refractivity (Wildman–Crippen MR) is 56.5 cm³/mol. The van der Waals surface area contributed by atoms with Gasteiger partial charge in [-0.15, -0.1) is 0 Å². The van der Waals surface area contributed by atoms with Crippen molar-refractivity contribution in [1.29, 1.82) is 0 Å². The minimum absolute atomic E-state index is 0.449. The zero-order valence-electron chi connectivity index (χ0n) is 9.48. The smallest absolute Gasteiger partial charge is 0.00300 e. The van der Waals surface area contributed by atoms with Crippen LogP contribution in [0.2, 0.25) is 0 Å². The third kappa shape index (κ3) is 6.66. The molecule has 0 fully saturated rings. The fourth-order valence-corrected chi connectivity index (χ4v) is 1.57. The van der Waals surface area contributed by atoms with Crippen LogP contribution in [0.4, 0.5) is 0 Å². The van der Waals surface area contributed by atoms with Crippen molar-refractivity contribution in [2.75, 3.05) is 19.6 Å². The largest absolute Gasteiger partial charge is 0.303 e. The normalized spacial score (nSPS) is 12.5. The molecule has 0 aliphatic carbocycles. The molecule has 0 aliphatic heterocycles. The molecule has 0 spiro atoms. The molecule has 0 aliphatic rings. The van der Waals surface area contributed by atoms with Crippen LogP contribution >= 0.6 is 0 Å². The SMILES string of the molecule is CCCN(CCC)CC(C)(C)C. The van der Waals surface area contributed by atoms with E-state index in [1.165, 1.54) is 32.5 Å². The molecule has 0 N–H and O–H groups in total. The summed E-state index contributed by atoms with van der Waals surface area (Å²) < 4.78 is 0. The highest BCUT2D eigenvalue weighted by Gasteiger charge is 2.14. The van der Waals surface area contributed by atoms with Gasteiger partial charge in [0.25, 0.3) is 0 Å². The highest BCUT2D eigenvalue weighted by Crippen LogP contribution is 2.15. The zero-order chi connectivity index (χ0) is 9.61. The van der Waals surface area contributed by atoms with E-state index >= 15 is 0 Å². The van der Waals surface area contributed by atoms with Crippen LogP contribution in [-0.2, 0) is 0 Å². The predicted octanol–water partition coefficient (Wildman–Crippen LogP) is 3.15. The van der Waals surface area contributed by atoms with Gasteiger partial charge in [-0.25, -0.2) is 0 Å². The first-order valence-corrected chi connectivity index (χ1v) is 5.22. The second-order valence-electron chi connectivity index (χ2n) is 4.84. The summed E-state index contributed by atoms with van der Waals surface area (Å²) in [5.74, 6) is 0. The lowest BCUT2D eigenvalue weighted by Gasteiger charge is -2.29. The van der Waals surface area contributed by atoms with Crippen LogP contribution in [0.25, 0.3) is 0 Å². The molecule has 0 heterocycles. The Hall–Kier alpha value is -0.0400. The van der Waals surface area contributed by atoms with Crippen molar-refractivity contribution in [3.8, 4) is 0 Å². The van der Waals surface area contributed by atoms with Gasteiger partial charge in [-0.3, -0.25) is 0 Å². The molecule has 0 atom stereocenters. The van der Waals surface area contributed by atoms with Crippen molar-refractivity contribution in [1.82, 2.24) is 4.90 Å². The molecule has 1 heteroatoms. The van der Waals surface area contributed by atoms with Gasteiger partial charge >= 0.3 is 0 Å². The lowest BCUT2D eigenvalue weighted by Crippen LogP contribution is -2.33. The number of hydrogen-bond donors (Lipinski definition) is 0. The fourth-order valence-electron chi connectivity index (χ4n) is 1.57. The molecule has 0 rings (SSSR count). The summed E-state index contributed by atoms with van der Waals surface area (Å²) in [6, 6.07) is 0. The molecule has 1 nitrogen and oxygen atoms in total. The van der Waals surface area contributed by atoms with E-state index < -0.39 is 0 Å². The van der Waals surface area contributed by atoms with Gasteiger partial charge in [0.15, 0.2) is 0 Å². The van der Waals surface area contributed by atoms with Gasteiger partial charge in [-0.2, -0.15) is 0 Å².